The summed E-state index contributed by atoms with van der Waals surface area (Å²) in [6, 6.07) is 15.8. The van der Waals surface area contributed by atoms with Gasteiger partial charge in [0.15, 0.2) is 0 Å². The number of nitrogens with one attached hydrogen (secondary N) is 1. The molecule has 2 aromatic rings. The highest BCUT2D eigenvalue weighted by atomic mass is 79.9. The normalized spacial score (nSPS) is 16.1. The first-order valence-corrected chi connectivity index (χ1v) is 10.2. The van der Waals surface area contributed by atoms with Crippen molar-refractivity contribution in [1.29, 1.82) is 0 Å². The zero-order valence-electron chi connectivity index (χ0n) is 15.8. The number of hydrogen-bond acceptors (Lipinski definition) is 3. The minimum atomic E-state index is -0.109. The Morgan fingerprint density at radius 2 is 1.81 bits per heavy atom. The lowest BCUT2D eigenvalue weighted by Crippen LogP contribution is -2.44. The number of amides is 1. The number of benzene rings is 2. The second-order valence-electron chi connectivity index (χ2n) is 7.25. The number of hydrogen-bond donors (Lipinski definition) is 1. The third-order valence-electron chi connectivity index (χ3n) is 4.99. The molecule has 1 saturated heterocycles. The van der Waals surface area contributed by atoms with Gasteiger partial charge >= 0.3 is 0 Å². The Hall–Kier alpha value is -1.85. The van der Waals surface area contributed by atoms with Crippen LogP contribution in [-0.2, 0) is 10.2 Å². The van der Waals surface area contributed by atoms with Gasteiger partial charge in [-0.05, 0) is 56.5 Å². The fraction of sp³-hybridized carbons (Fsp3) is 0.409. The molecule has 0 bridgehead atoms. The molecule has 1 fully saturated rings. The first kappa shape index (κ1) is 19.9. The summed E-state index contributed by atoms with van der Waals surface area (Å²) in [4.78, 5) is 12.9. The summed E-state index contributed by atoms with van der Waals surface area (Å²) in [5.74, 6) is 0.517. The molecule has 1 aliphatic heterocycles. The number of ether oxygens (including phenoxy) is 2. The van der Waals surface area contributed by atoms with Gasteiger partial charge in [0.2, 0.25) is 0 Å². The molecule has 1 amide bonds. The van der Waals surface area contributed by atoms with Gasteiger partial charge in [-0.25, -0.2) is 0 Å². The SMILES string of the molecule is CC(C)Oc1ccccc1C(=O)NCC1(c2ccc(Br)cc2)CCOCC1. The molecular formula is C22H26BrNO3. The summed E-state index contributed by atoms with van der Waals surface area (Å²) >= 11 is 3.50. The Balaban J connectivity index is 1.78. The van der Waals surface area contributed by atoms with Crippen LogP contribution in [0.4, 0.5) is 0 Å². The van der Waals surface area contributed by atoms with Crippen LogP contribution < -0.4 is 10.1 Å². The molecule has 1 N–H and O–H groups in total. The summed E-state index contributed by atoms with van der Waals surface area (Å²) in [6.07, 6.45) is 1.79. The Kier molecular flexibility index (Phi) is 6.55. The molecule has 144 valence electrons. The third-order valence-corrected chi connectivity index (χ3v) is 5.52. The molecule has 0 saturated carbocycles. The molecule has 3 rings (SSSR count). The van der Waals surface area contributed by atoms with Crippen molar-refractivity contribution >= 4 is 21.8 Å². The van der Waals surface area contributed by atoms with E-state index in [1.165, 1.54) is 5.56 Å². The van der Waals surface area contributed by atoms with Crippen molar-refractivity contribution in [1.82, 2.24) is 5.32 Å². The van der Waals surface area contributed by atoms with Gasteiger partial charge in [0, 0.05) is 29.6 Å². The Morgan fingerprint density at radius 3 is 2.48 bits per heavy atom. The molecule has 0 unspecified atom stereocenters. The van der Waals surface area contributed by atoms with Gasteiger partial charge in [-0.3, -0.25) is 4.79 Å². The second kappa shape index (κ2) is 8.89. The monoisotopic (exact) mass is 431 g/mol. The standard InChI is InChI=1S/C22H26BrNO3/c1-16(2)27-20-6-4-3-5-19(20)21(25)24-15-22(11-13-26-14-12-22)17-7-9-18(23)10-8-17/h3-10,16H,11-15H2,1-2H3,(H,24,25). The number of rotatable bonds is 6. The van der Waals surface area contributed by atoms with Crippen LogP contribution >= 0.6 is 15.9 Å². The topological polar surface area (TPSA) is 47.6 Å². The predicted molar refractivity (Wildman–Crippen MR) is 110 cm³/mol. The maximum Gasteiger partial charge on any atom is 0.255 e. The smallest absolute Gasteiger partial charge is 0.255 e. The van der Waals surface area contributed by atoms with Crippen molar-refractivity contribution in [2.24, 2.45) is 0 Å². The zero-order valence-corrected chi connectivity index (χ0v) is 17.4. The molecule has 1 aliphatic rings. The van der Waals surface area contributed by atoms with E-state index in [2.05, 4.69) is 45.5 Å². The lowest BCUT2D eigenvalue weighted by Gasteiger charge is -2.38. The first-order valence-electron chi connectivity index (χ1n) is 9.38. The molecular weight excluding hydrogens is 406 g/mol. The van der Waals surface area contributed by atoms with Crippen LogP contribution in [0.3, 0.4) is 0 Å². The van der Waals surface area contributed by atoms with Crippen molar-refractivity contribution in [2.75, 3.05) is 19.8 Å². The van der Waals surface area contributed by atoms with Crippen LogP contribution in [0.15, 0.2) is 53.0 Å². The van der Waals surface area contributed by atoms with Gasteiger partial charge in [0.05, 0.1) is 11.7 Å². The van der Waals surface area contributed by atoms with Gasteiger partial charge in [-0.15, -0.1) is 0 Å². The van der Waals surface area contributed by atoms with Crippen molar-refractivity contribution in [3.05, 3.63) is 64.1 Å². The van der Waals surface area contributed by atoms with Crippen molar-refractivity contribution in [2.45, 2.75) is 38.2 Å². The largest absolute Gasteiger partial charge is 0.490 e. The van der Waals surface area contributed by atoms with Gasteiger partial charge < -0.3 is 14.8 Å². The van der Waals surface area contributed by atoms with Gasteiger partial charge in [0.1, 0.15) is 5.75 Å². The number of para-hydroxylation sites is 1. The summed E-state index contributed by atoms with van der Waals surface area (Å²) in [7, 11) is 0. The molecule has 2 aromatic carbocycles. The Bertz CT molecular complexity index is 767. The van der Waals surface area contributed by atoms with Crippen molar-refractivity contribution in [3.8, 4) is 5.75 Å². The number of halogens is 1. The molecule has 1 heterocycles. The van der Waals surface area contributed by atoms with E-state index in [1.807, 2.05) is 38.1 Å². The van der Waals surface area contributed by atoms with E-state index < -0.39 is 0 Å². The molecule has 0 aliphatic carbocycles. The molecule has 27 heavy (non-hydrogen) atoms. The van der Waals surface area contributed by atoms with Crippen LogP contribution in [0, 0.1) is 0 Å². The minimum absolute atomic E-state index is 0.0172. The van der Waals surface area contributed by atoms with Gasteiger partial charge in [-0.1, -0.05) is 40.2 Å². The molecule has 0 spiro atoms. The Labute approximate surface area is 169 Å². The van der Waals surface area contributed by atoms with E-state index in [0.29, 0.717) is 31.1 Å². The van der Waals surface area contributed by atoms with E-state index in [4.69, 9.17) is 9.47 Å². The van der Waals surface area contributed by atoms with Gasteiger partial charge in [0.25, 0.3) is 5.91 Å². The summed E-state index contributed by atoms with van der Waals surface area (Å²) in [5, 5.41) is 3.15. The highest BCUT2D eigenvalue weighted by molar-refractivity contribution is 9.10. The molecule has 4 nitrogen and oxygen atoms in total. The maximum atomic E-state index is 12.9. The molecule has 0 aromatic heterocycles. The highest BCUT2D eigenvalue weighted by Gasteiger charge is 2.35. The summed E-state index contributed by atoms with van der Waals surface area (Å²) in [6.45, 7) is 5.91. The summed E-state index contributed by atoms with van der Waals surface area (Å²) in [5.41, 5.74) is 1.70. The lowest BCUT2D eigenvalue weighted by molar-refractivity contribution is 0.0486. The average Bonchev–Trinajstić information content (AvgIpc) is 2.67. The first-order chi connectivity index (χ1) is 13.0. The van der Waals surface area contributed by atoms with E-state index >= 15 is 0 Å². The quantitative estimate of drug-likeness (QED) is 0.719. The average molecular weight is 432 g/mol. The fourth-order valence-corrected chi connectivity index (χ4v) is 3.75. The molecule has 0 atom stereocenters. The van der Waals surface area contributed by atoms with Gasteiger partial charge in [-0.2, -0.15) is 0 Å². The predicted octanol–water partition coefficient (Wildman–Crippen LogP) is 4.71. The van der Waals surface area contributed by atoms with E-state index in [0.717, 1.165) is 17.3 Å². The van der Waals surface area contributed by atoms with Crippen LogP contribution in [0.5, 0.6) is 5.75 Å². The molecule has 0 radical (unpaired) electrons. The second-order valence-corrected chi connectivity index (χ2v) is 8.16. The summed E-state index contributed by atoms with van der Waals surface area (Å²) < 4.78 is 12.4. The highest BCUT2D eigenvalue weighted by Crippen LogP contribution is 2.35. The minimum Gasteiger partial charge on any atom is -0.490 e. The van der Waals surface area contributed by atoms with Crippen molar-refractivity contribution in [3.63, 3.8) is 0 Å². The Morgan fingerprint density at radius 1 is 1.15 bits per heavy atom. The van der Waals surface area contributed by atoms with Crippen LogP contribution in [0.1, 0.15) is 42.6 Å². The van der Waals surface area contributed by atoms with E-state index in [-0.39, 0.29) is 17.4 Å². The number of carbonyl (C=O) groups excluding carboxylic acids is 1. The molecule has 5 heteroatoms. The van der Waals surface area contributed by atoms with E-state index in [1.54, 1.807) is 0 Å². The maximum absolute atomic E-state index is 12.9. The fourth-order valence-electron chi connectivity index (χ4n) is 3.49. The number of carbonyl (C=O) groups is 1. The third kappa shape index (κ3) is 4.90. The van der Waals surface area contributed by atoms with Crippen molar-refractivity contribution < 1.29 is 14.3 Å². The van der Waals surface area contributed by atoms with Crippen LogP contribution in [-0.4, -0.2) is 31.8 Å². The lowest BCUT2D eigenvalue weighted by atomic mass is 9.74. The van der Waals surface area contributed by atoms with Crippen LogP contribution in [0.25, 0.3) is 0 Å². The van der Waals surface area contributed by atoms with E-state index in [9.17, 15) is 4.79 Å². The van der Waals surface area contributed by atoms with Crippen LogP contribution in [0.2, 0.25) is 0 Å². The zero-order chi connectivity index (χ0) is 19.3.